The van der Waals surface area contributed by atoms with Gasteiger partial charge in [-0.05, 0) is 12.1 Å². The highest BCUT2D eigenvalue weighted by Crippen LogP contribution is 2.09. The highest BCUT2D eigenvalue weighted by molar-refractivity contribution is 5.94. The van der Waals surface area contributed by atoms with E-state index in [-0.39, 0.29) is 12.3 Å². The smallest absolute Gasteiger partial charge is 0.304 e. The molecule has 0 spiro atoms. The Labute approximate surface area is 87.9 Å². The summed E-state index contributed by atoms with van der Waals surface area (Å²) in [6, 6.07) is 8.96. The summed E-state index contributed by atoms with van der Waals surface area (Å²) < 4.78 is 0. The van der Waals surface area contributed by atoms with E-state index in [9.17, 15) is 9.59 Å². The summed E-state index contributed by atoms with van der Waals surface area (Å²) in [5.74, 6) is -1.77. The van der Waals surface area contributed by atoms with Gasteiger partial charge in [-0.3, -0.25) is 9.59 Å². The summed E-state index contributed by atoms with van der Waals surface area (Å²) in [5, 5.41) is 11.2. The number of carboxylic acids is 1. The molecule has 0 unspecified atom stereocenters. The number of anilines is 1. The quantitative estimate of drug-likeness (QED) is 0.790. The van der Waals surface area contributed by atoms with Gasteiger partial charge in [0.25, 0.3) is 0 Å². The number of hydrogen-bond donors (Lipinski definition) is 2. The van der Waals surface area contributed by atoms with E-state index in [4.69, 9.17) is 5.11 Å². The molecule has 0 saturated carbocycles. The molecule has 0 aliphatic rings. The van der Waals surface area contributed by atoms with Crippen LogP contribution in [-0.2, 0) is 9.59 Å². The summed E-state index contributed by atoms with van der Waals surface area (Å²) in [7, 11) is 0. The Hall–Kier alpha value is -1.84. The molecule has 2 N–H and O–H groups in total. The Morgan fingerprint density at radius 1 is 1.33 bits per heavy atom. The van der Waals surface area contributed by atoms with Gasteiger partial charge in [0, 0.05) is 11.6 Å². The van der Waals surface area contributed by atoms with Crippen molar-refractivity contribution < 1.29 is 14.7 Å². The monoisotopic (exact) mass is 207 g/mol. The minimum absolute atomic E-state index is 0.154. The van der Waals surface area contributed by atoms with Crippen LogP contribution in [0.15, 0.2) is 30.3 Å². The van der Waals surface area contributed by atoms with Gasteiger partial charge in [0.05, 0.1) is 6.42 Å². The average Bonchev–Trinajstić information content (AvgIpc) is 2.18. The van der Waals surface area contributed by atoms with Crippen molar-refractivity contribution in [2.45, 2.75) is 13.3 Å². The van der Waals surface area contributed by atoms with Crippen molar-refractivity contribution >= 4 is 17.6 Å². The van der Waals surface area contributed by atoms with Crippen LogP contribution < -0.4 is 5.32 Å². The second kappa shape index (κ2) is 5.14. The molecule has 80 valence electrons. The van der Waals surface area contributed by atoms with Crippen LogP contribution in [0.25, 0.3) is 0 Å². The van der Waals surface area contributed by atoms with Crippen molar-refractivity contribution in [1.82, 2.24) is 0 Å². The Kier molecular flexibility index (Phi) is 3.85. The molecule has 0 radical (unpaired) electrons. The number of amides is 1. The Morgan fingerprint density at radius 3 is 2.47 bits per heavy atom. The Morgan fingerprint density at radius 2 is 1.93 bits per heavy atom. The average molecular weight is 207 g/mol. The van der Waals surface area contributed by atoms with Crippen molar-refractivity contribution in [3.63, 3.8) is 0 Å². The number of carbonyl (C=O) groups is 2. The fraction of sp³-hybridized carbons (Fsp3) is 0.273. The van der Waals surface area contributed by atoms with Gasteiger partial charge in [0.15, 0.2) is 0 Å². The molecule has 0 saturated heterocycles. The van der Waals surface area contributed by atoms with E-state index in [1.165, 1.54) is 0 Å². The molecule has 0 aliphatic carbocycles. The zero-order valence-corrected chi connectivity index (χ0v) is 8.43. The van der Waals surface area contributed by atoms with Gasteiger partial charge in [-0.15, -0.1) is 0 Å². The maximum absolute atomic E-state index is 11.5. The lowest BCUT2D eigenvalue weighted by atomic mass is 10.1. The molecule has 1 aromatic rings. The lowest BCUT2D eigenvalue weighted by molar-refractivity contribution is -0.139. The van der Waals surface area contributed by atoms with Gasteiger partial charge in [0.1, 0.15) is 0 Å². The predicted octanol–water partition coefficient (Wildman–Crippen LogP) is 1.74. The van der Waals surface area contributed by atoms with Crippen LogP contribution in [0.4, 0.5) is 5.69 Å². The van der Waals surface area contributed by atoms with Crippen LogP contribution in [0.3, 0.4) is 0 Å². The summed E-state index contributed by atoms with van der Waals surface area (Å²) in [5.41, 5.74) is 0.680. The number of rotatable bonds is 4. The molecule has 1 atom stereocenters. The molecule has 4 nitrogen and oxygen atoms in total. The zero-order valence-electron chi connectivity index (χ0n) is 8.43. The molecular formula is C11H13NO3. The molecular weight excluding hydrogens is 194 g/mol. The normalized spacial score (nSPS) is 11.8. The van der Waals surface area contributed by atoms with Crippen LogP contribution >= 0.6 is 0 Å². The first-order valence-electron chi connectivity index (χ1n) is 4.67. The van der Waals surface area contributed by atoms with E-state index < -0.39 is 11.9 Å². The third-order valence-electron chi connectivity index (χ3n) is 1.97. The van der Waals surface area contributed by atoms with E-state index in [0.29, 0.717) is 5.69 Å². The van der Waals surface area contributed by atoms with Crippen molar-refractivity contribution in [1.29, 1.82) is 0 Å². The Bertz CT molecular complexity index is 348. The summed E-state index contributed by atoms with van der Waals surface area (Å²) in [6.45, 7) is 1.59. The number of para-hydroxylation sites is 1. The fourth-order valence-corrected chi connectivity index (χ4v) is 1.14. The molecule has 1 amide bonds. The first kappa shape index (κ1) is 11.2. The third kappa shape index (κ3) is 3.81. The second-order valence-electron chi connectivity index (χ2n) is 3.35. The van der Waals surface area contributed by atoms with Crippen LogP contribution in [0.5, 0.6) is 0 Å². The summed E-state index contributed by atoms with van der Waals surface area (Å²) in [6.07, 6.45) is -0.154. The predicted molar refractivity (Wildman–Crippen MR) is 56.5 cm³/mol. The SMILES string of the molecule is C[C@H](CC(=O)O)C(=O)Nc1ccccc1. The van der Waals surface area contributed by atoms with Crippen molar-refractivity contribution in [3.05, 3.63) is 30.3 Å². The standard InChI is InChI=1S/C11H13NO3/c1-8(7-10(13)14)11(15)12-9-5-3-2-4-6-9/h2-6,8H,7H2,1H3,(H,12,15)(H,13,14)/t8-/m1/s1. The maximum atomic E-state index is 11.5. The highest BCUT2D eigenvalue weighted by Gasteiger charge is 2.16. The fourth-order valence-electron chi connectivity index (χ4n) is 1.14. The van der Waals surface area contributed by atoms with Crippen LogP contribution in [0.2, 0.25) is 0 Å². The van der Waals surface area contributed by atoms with Gasteiger partial charge in [0.2, 0.25) is 5.91 Å². The lowest BCUT2D eigenvalue weighted by Crippen LogP contribution is -2.22. The minimum Gasteiger partial charge on any atom is -0.481 e. The van der Waals surface area contributed by atoms with Crippen molar-refractivity contribution in [3.8, 4) is 0 Å². The Balaban J connectivity index is 2.52. The highest BCUT2D eigenvalue weighted by atomic mass is 16.4. The number of carbonyl (C=O) groups excluding carboxylic acids is 1. The third-order valence-corrected chi connectivity index (χ3v) is 1.97. The van der Waals surface area contributed by atoms with Crippen molar-refractivity contribution in [2.24, 2.45) is 5.92 Å². The van der Waals surface area contributed by atoms with Crippen molar-refractivity contribution in [2.75, 3.05) is 5.32 Å². The second-order valence-corrected chi connectivity index (χ2v) is 3.35. The van der Waals surface area contributed by atoms with Gasteiger partial charge >= 0.3 is 5.97 Å². The molecule has 4 heteroatoms. The van der Waals surface area contributed by atoms with E-state index in [2.05, 4.69) is 5.32 Å². The largest absolute Gasteiger partial charge is 0.481 e. The molecule has 0 fully saturated rings. The van der Waals surface area contributed by atoms with E-state index in [1.807, 2.05) is 6.07 Å². The summed E-state index contributed by atoms with van der Waals surface area (Å²) >= 11 is 0. The first-order valence-corrected chi connectivity index (χ1v) is 4.67. The molecule has 1 aromatic carbocycles. The van der Waals surface area contributed by atoms with E-state index >= 15 is 0 Å². The van der Waals surface area contributed by atoms with E-state index in [0.717, 1.165) is 0 Å². The van der Waals surface area contributed by atoms with Gasteiger partial charge < -0.3 is 10.4 Å². The number of nitrogens with one attached hydrogen (secondary N) is 1. The number of carboxylic acid groups (broad SMARTS) is 1. The number of aliphatic carboxylic acids is 1. The van der Waals surface area contributed by atoms with E-state index in [1.54, 1.807) is 31.2 Å². The lowest BCUT2D eigenvalue weighted by Gasteiger charge is -2.09. The number of hydrogen-bond acceptors (Lipinski definition) is 2. The molecule has 0 bridgehead atoms. The summed E-state index contributed by atoms with van der Waals surface area (Å²) in [4.78, 5) is 21.9. The topological polar surface area (TPSA) is 66.4 Å². The molecule has 0 aliphatic heterocycles. The van der Waals surface area contributed by atoms with Gasteiger partial charge in [-0.1, -0.05) is 25.1 Å². The van der Waals surface area contributed by atoms with Crippen LogP contribution in [0.1, 0.15) is 13.3 Å². The number of benzene rings is 1. The maximum Gasteiger partial charge on any atom is 0.304 e. The minimum atomic E-state index is -0.967. The molecule has 0 aromatic heterocycles. The molecule has 1 rings (SSSR count). The molecule has 0 heterocycles. The van der Waals surface area contributed by atoms with Crippen LogP contribution in [-0.4, -0.2) is 17.0 Å². The zero-order chi connectivity index (χ0) is 11.3. The molecule has 15 heavy (non-hydrogen) atoms. The van der Waals surface area contributed by atoms with Crippen LogP contribution in [0, 0.1) is 5.92 Å². The first-order chi connectivity index (χ1) is 7.09. The van der Waals surface area contributed by atoms with Gasteiger partial charge in [-0.2, -0.15) is 0 Å². The van der Waals surface area contributed by atoms with Gasteiger partial charge in [-0.25, -0.2) is 0 Å².